The molecule has 13 heteroatoms. The van der Waals surface area contributed by atoms with Crippen LogP contribution in [0.3, 0.4) is 0 Å². The first-order valence-corrected chi connectivity index (χ1v) is 14.5. The van der Waals surface area contributed by atoms with Crippen LogP contribution in [0.4, 0.5) is 10.1 Å². The molecule has 43 heavy (non-hydrogen) atoms. The average molecular weight is 603 g/mol. The lowest BCUT2D eigenvalue weighted by molar-refractivity contribution is -0.153. The Hall–Kier alpha value is -3.81. The highest BCUT2D eigenvalue weighted by Gasteiger charge is 2.64. The van der Waals surface area contributed by atoms with Gasteiger partial charge in [-0.3, -0.25) is 24.1 Å². The number of hydrogen-bond donors (Lipinski definition) is 7. The third kappa shape index (κ3) is 5.52. The van der Waals surface area contributed by atoms with Gasteiger partial charge in [0.15, 0.2) is 17.1 Å². The molecule has 1 fully saturated rings. The van der Waals surface area contributed by atoms with Gasteiger partial charge in [-0.15, -0.1) is 0 Å². The molecule has 0 aliphatic heterocycles. The van der Waals surface area contributed by atoms with Gasteiger partial charge in [0.1, 0.15) is 22.9 Å². The molecule has 0 aromatic heterocycles. The number of unbranched alkanes of at least 4 members (excludes halogenated alkanes) is 4. The predicted octanol–water partition coefficient (Wildman–Crippen LogP) is 1.60. The van der Waals surface area contributed by atoms with Crippen molar-refractivity contribution in [1.29, 1.82) is 0 Å². The van der Waals surface area contributed by atoms with E-state index in [4.69, 9.17) is 5.73 Å². The number of fused-ring (bicyclic) bond motifs is 3. The van der Waals surface area contributed by atoms with E-state index in [2.05, 4.69) is 17.6 Å². The Morgan fingerprint density at radius 2 is 1.81 bits per heavy atom. The first-order valence-electron chi connectivity index (χ1n) is 14.5. The van der Waals surface area contributed by atoms with Gasteiger partial charge in [0.2, 0.25) is 11.7 Å². The number of nitrogens with one attached hydrogen (secondary N) is 2. The number of aromatic hydroxyl groups is 1. The van der Waals surface area contributed by atoms with E-state index in [9.17, 15) is 39.6 Å². The fraction of sp³-hybridized carbons (Fsp3) is 0.533. The van der Waals surface area contributed by atoms with Crippen LogP contribution in [0.15, 0.2) is 23.0 Å². The number of benzene rings is 1. The molecule has 2 amide bonds. The molecule has 1 aromatic carbocycles. The van der Waals surface area contributed by atoms with E-state index in [1.54, 1.807) is 0 Å². The maximum absolute atomic E-state index is 15.4. The van der Waals surface area contributed by atoms with E-state index >= 15 is 4.39 Å². The predicted molar refractivity (Wildman–Crippen MR) is 154 cm³/mol. The van der Waals surface area contributed by atoms with Gasteiger partial charge < -0.3 is 36.8 Å². The summed E-state index contributed by atoms with van der Waals surface area (Å²) in [4.78, 5) is 53.0. The number of likely N-dealkylation sites (N-methyl/N-ethyl adjacent to an activating group) is 1. The fourth-order valence-electron chi connectivity index (χ4n) is 6.61. The van der Waals surface area contributed by atoms with Crippen molar-refractivity contribution in [3.8, 4) is 5.75 Å². The van der Waals surface area contributed by atoms with Crippen molar-refractivity contribution in [1.82, 2.24) is 10.2 Å². The Bertz CT molecular complexity index is 1420. The molecule has 4 atom stereocenters. The molecule has 8 N–H and O–H groups in total. The van der Waals surface area contributed by atoms with Crippen LogP contribution in [0.2, 0.25) is 0 Å². The van der Waals surface area contributed by atoms with Gasteiger partial charge in [-0.2, -0.15) is 0 Å². The number of phenols is 1. The Kier molecular flexibility index (Phi) is 9.28. The van der Waals surface area contributed by atoms with Crippen LogP contribution < -0.4 is 16.4 Å². The van der Waals surface area contributed by atoms with Gasteiger partial charge in [-0.25, -0.2) is 4.39 Å². The fourth-order valence-corrected chi connectivity index (χ4v) is 6.61. The maximum Gasteiger partial charge on any atom is 0.255 e. The van der Waals surface area contributed by atoms with Gasteiger partial charge in [-0.1, -0.05) is 32.6 Å². The molecule has 0 unspecified atom stereocenters. The lowest BCUT2D eigenvalue weighted by atomic mass is 9.57. The standard InChI is InChI=1S/C30H39FN4O8/c1-4-5-6-7-8-9-33-13-19(36)34-18-12-17(31)15-10-14-11-16-23(35(2)3)26(39)22(29(32)42)28(41)30(16,43)27(40)20(14)25(38)21(15)24(18)37/h12,14,16,23,33,37-38,41,43H,4-11,13H2,1-3H3,(H2,32,42)(H,34,36)/t14-,16-,23-,30-/m0/s1. The number of halogens is 1. The van der Waals surface area contributed by atoms with Gasteiger partial charge in [0, 0.05) is 23.1 Å². The quantitative estimate of drug-likeness (QED) is 0.111. The lowest BCUT2D eigenvalue weighted by Gasteiger charge is -2.50. The molecule has 0 spiro atoms. The van der Waals surface area contributed by atoms with Crippen LogP contribution in [0.5, 0.6) is 5.75 Å². The minimum absolute atomic E-state index is 0.104. The lowest BCUT2D eigenvalue weighted by Crippen LogP contribution is -2.65. The van der Waals surface area contributed by atoms with Crippen LogP contribution in [0.25, 0.3) is 5.76 Å². The number of ketones is 2. The number of carbonyl (C=O) groups is 4. The van der Waals surface area contributed by atoms with Crippen LogP contribution in [0, 0.1) is 17.7 Å². The number of hydrogen-bond acceptors (Lipinski definition) is 10. The third-order valence-electron chi connectivity index (χ3n) is 8.68. The number of amides is 2. The molecule has 4 rings (SSSR count). The van der Waals surface area contributed by atoms with E-state index in [1.807, 2.05) is 0 Å². The number of carbonyl (C=O) groups excluding carboxylic acids is 4. The summed E-state index contributed by atoms with van der Waals surface area (Å²) >= 11 is 0. The first kappa shape index (κ1) is 32.1. The van der Waals surface area contributed by atoms with Gasteiger partial charge in [0.05, 0.1) is 23.8 Å². The number of nitrogens with two attached hydrogens (primary N) is 1. The summed E-state index contributed by atoms with van der Waals surface area (Å²) < 4.78 is 15.4. The molecule has 0 saturated heterocycles. The van der Waals surface area contributed by atoms with Gasteiger partial charge in [0.25, 0.3) is 5.91 Å². The molecule has 3 aliphatic carbocycles. The molecule has 1 aromatic rings. The summed E-state index contributed by atoms with van der Waals surface area (Å²) in [7, 11) is 2.98. The van der Waals surface area contributed by atoms with Crippen LogP contribution in [-0.2, 0) is 25.6 Å². The number of aliphatic hydroxyl groups is 3. The molecule has 0 heterocycles. The number of primary amides is 1. The van der Waals surface area contributed by atoms with Crippen LogP contribution in [0.1, 0.15) is 56.6 Å². The van der Waals surface area contributed by atoms with Crippen molar-refractivity contribution < 1.29 is 44.0 Å². The summed E-state index contributed by atoms with van der Waals surface area (Å²) in [5.74, 6) is -9.73. The summed E-state index contributed by atoms with van der Waals surface area (Å²) in [6, 6.07) is -0.311. The number of rotatable bonds is 11. The summed E-state index contributed by atoms with van der Waals surface area (Å²) in [6.07, 6.45) is 4.91. The first-order chi connectivity index (χ1) is 20.3. The topological polar surface area (TPSA) is 203 Å². The smallest absolute Gasteiger partial charge is 0.255 e. The van der Waals surface area contributed by atoms with Crippen molar-refractivity contribution >= 4 is 34.8 Å². The van der Waals surface area contributed by atoms with Crippen LogP contribution in [-0.4, -0.2) is 87.5 Å². The highest BCUT2D eigenvalue weighted by atomic mass is 19.1. The molecular formula is C30H39FN4O8. The second-order valence-corrected chi connectivity index (χ2v) is 11.7. The maximum atomic E-state index is 15.4. The van der Waals surface area contributed by atoms with E-state index in [-0.39, 0.29) is 30.6 Å². The van der Waals surface area contributed by atoms with E-state index in [0.717, 1.165) is 38.2 Å². The average Bonchev–Trinajstić information content (AvgIpc) is 2.92. The van der Waals surface area contributed by atoms with Crippen molar-refractivity contribution in [3.05, 3.63) is 39.9 Å². The van der Waals surface area contributed by atoms with Gasteiger partial charge >= 0.3 is 0 Å². The third-order valence-corrected chi connectivity index (χ3v) is 8.68. The Morgan fingerprint density at radius 1 is 1.14 bits per heavy atom. The summed E-state index contributed by atoms with van der Waals surface area (Å²) in [6.45, 7) is 2.61. The molecule has 3 aliphatic rings. The van der Waals surface area contributed by atoms with Gasteiger partial charge in [-0.05, 0) is 45.8 Å². The van der Waals surface area contributed by atoms with E-state index in [0.29, 0.717) is 6.54 Å². The number of Topliss-reactive ketones (excluding diaryl/α,β-unsaturated/α-hetero) is 2. The minimum Gasteiger partial charge on any atom is -0.508 e. The molecule has 1 saturated carbocycles. The minimum atomic E-state index is -2.80. The second kappa shape index (κ2) is 12.4. The zero-order valence-corrected chi connectivity index (χ0v) is 24.5. The second-order valence-electron chi connectivity index (χ2n) is 11.7. The highest BCUT2D eigenvalue weighted by molar-refractivity contribution is 6.24. The molecule has 234 valence electrons. The van der Waals surface area contributed by atoms with Crippen LogP contribution >= 0.6 is 0 Å². The highest BCUT2D eigenvalue weighted by Crippen LogP contribution is 2.53. The molecule has 12 nitrogen and oxygen atoms in total. The Balaban J connectivity index is 1.67. The normalized spacial score (nSPS) is 25.0. The molecular weight excluding hydrogens is 563 g/mol. The Morgan fingerprint density at radius 3 is 2.44 bits per heavy atom. The van der Waals surface area contributed by atoms with E-state index < -0.39 is 86.7 Å². The summed E-state index contributed by atoms with van der Waals surface area (Å²) in [5, 5.41) is 50.2. The van der Waals surface area contributed by atoms with Crippen molar-refractivity contribution in [2.24, 2.45) is 17.6 Å². The number of phenolic OH excluding ortho intramolecular Hbond substituents is 1. The Labute approximate surface area is 248 Å². The summed E-state index contributed by atoms with van der Waals surface area (Å²) in [5.41, 5.74) is 0.312. The molecule has 0 radical (unpaired) electrons. The van der Waals surface area contributed by atoms with Crippen molar-refractivity contribution in [3.63, 3.8) is 0 Å². The molecule has 0 bridgehead atoms. The SMILES string of the molecule is CCCCCCCNCC(=O)Nc1cc(F)c2c(c1O)C(O)=C1C(=O)[C@]3(O)C(O)=C(C(N)=O)C(=O)[C@@H](N(C)C)[C@@H]3C[C@@H]1C2. The van der Waals surface area contributed by atoms with E-state index in [1.165, 1.54) is 19.0 Å². The number of anilines is 1. The zero-order valence-electron chi connectivity index (χ0n) is 24.5. The largest absolute Gasteiger partial charge is 0.508 e. The monoisotopic (exact) mass is 602 g/mol. The van der Waals surface area contributed by atoms with Crippen molar-refractivity contribution in [2.75, 3.05) is 32.5 Å². The zero-order chi connectivity index (χ0) is 31.8. The number of aliphatic hydroxyl groups excluding tert-OH is 2. The van der Waals surface area contributed by atoms with Crippen molar-refractivity contribution in [2.45, 2.75) is 63.5 Å². The number of nitrogens with zero attached hydrogens (tertiary/aromatic N) is 1.